The Morgan fingerprint density at radius 1 is 1.38 bits per heavy atom. The van der Waals surface area contributed by atoms with Gasteiger partial charge in [0.15, 0.2) is 0 Å². The van der Waals surface area contributed by atoms with Gasteiger partial charge in [-0.3, -0.25) is 9.59 Å². The van der Waals surface area contributed by atoms with Gasteiger partial charge in [0.05, 0.1) is 11.8 Å². The number of hydrogen-bond acceptors (Lipinski definition) is 3. The standard InChI is InChI=1S/C14H25N3O4/c1-9(2)6-11(13(19)20)7-16-14(21)17-5-3-4-10(8-17)12(15)18/h9-11H,3-8H2,1-2H3,(H2,15,18)(H,16,21)(H,19,20). The Hall–Kier alpha value is -1.79. The lowest BCUT2D eigenvalue weighted by Crippen LogP contribution is -2.49. The molecular weight excluding hydrogens is 274 g/mol. The van der Waals surface area contributed by atoms with Crippen LogP contribution in [-0.4, -0.2) is 47.5 Å². The molecule has 1 aliphatic heterocycles. The molecule has 0 saturated carbocycles. The number of piperidine rings is 1. The zero-order chi connectivity index (χ0) is 16.0. The summed E-state index contributed by atoms with van der Waals surface area (Å²) in [5.74, 6) is -1.95. The fourth-order valence-electron chi connectivity index (χ4n) is 2.56. The van der Waals surface area contributed by atoms with Gasteiger partial charge in [-0.2, -0.15) is 0 Å². The molecule has 1 heterocycles. The first-order valence-electron chi connectivity index (χ1n) is 7.36. The van der Waals surface area contributed by atoms with Crippen LogP contribution in [0.15, 0.2) is 0 Å². The highest BCUT2D eigenvalue weighted by atomic mass is 16.4. The average Bonchev–Trinajstić information content (AvgIpc) is 2.42. The lowest BCUT2D eigenvalue weighted by atomic mass is 9.97. The van der Waals surface area contributed by atoms with Gasteiger partial charge in [-0.25, -0.2) is 4.79 Å². The van der Waals surface area contributed by atoms with Crippen molar-refractivity contribution in [2.75, 3.05) is 19.6 Å². The Bertz CT molecular complexity index is 398. The third-order valence-electron chi connectivity index (χ3n) is 3.72. The number of carbonyl (C=O) groups excluding carboxylic acids is 2. The minimum atomic E-state index is -0.905. The Balaban J connectivity index is 2.48. The minimum Gasteiger partial charge on any atom is -0.481 e. The molecule has 7 heteroatoms. The summed E-state index contributed by atoms with van der Waals surface area (Å²) in [4.78, 5) is 35.9. The van der Waals surface area contributed by atoms with Crippen LogP contribution >= 0.6 is 0 Å². The number of likely N-dealkylation sites (tertiary alicyclic amines) is 1. The van der Waals surface area contributed by atoms with Gasteiger partial charge in [0.2, 0.25) is 5.91 Å². The lowest BCUT2D eigenvalue weighted by molar-refractivity contribution is -0.142. The summed E-state index contributed by atoms with van der Waals surface area (Å²) in [6.45, 7) is 4.87. The van der Waals surface area contributed by atoms with E-state index in [-0.39, 0.29) is 24.4 Å². The summed E-state index contributed by atoms with van der Waals surface area (Å²) in [5.41, 5.74) is 5.27. The molecule has 1 rings (SSSR count). The predicted octanol–water partition coefficient (Wildman–Crippen LogP) is 0.640. The van der Waals surface area contributed by atoms with Crippen LogP contribution in [0.3, 0.4) is 0 Å². The largest absolute Gasteiger partial charge is 0.481 e. The van der Waals surface area contributed by atoms with Gasteiger partial charge >= 0.3 is 12.0 Å². The van der Waals surface area contributed by atoms with Crippen molar-refractivity contribution in [2.24, 2.45) is 23.5 Å². The van der Waals surface area contributed by atoms with Crippen molar-refractivity contribution in [3.05, 3.63) is 0 Å². The first kappa shape index (κ1) is 17.3. The molecule has 21 heavy (non-hydrogen) atoms. The van der Waals surface area contributed by atoms with E-state index in [2.05, 4.69) is 5.32 Å². The third-order valence-corrected chi connectivity index (χ3v) is 3.72. The van der Waals surface area contributed by atoms with E-state index in [1.807, 2.05) is 13.8 Å². The van der Waals surface area contributed by atoms with Gasteiger partial charge in [-0.05, 0) is 25.2 Å². The average molecular weight is 299 g/mol. The molecule has 0 aromatic carbocycles. The fraction of sp³-hybridized carbons (Fsp3) is 0.786. The molecule has 0 aromatic heterocycles. The maximum atomic E-state index is 12.0. The van der Waals surface area contributed by atoms with Crippen molar-refractivity contribution in [1.82, 2.24) is 10.2 Å². The van der Waals surface area contributed by atoms with Crippen molar-refractivity contribution in [1.29, 1.82) is 0 Å². The van der Waals surface area contributed by atoms with Crippen LogP contribution in [0.5, 0.6) is 0 Å². The summed E-state index contributed by atoms with van der Waals surface area (Å²) >= 11 is 0. The van der Waals surface area contributed by atoms with Crippen LogP contribution in [0.25, 0.3) is 0 Å². The van der Waals surface area contributed by atoms with Gasteiger partial charge < -0.3 is 21.1 Å². The zero-order valence-electron chi connectivity index (χ0n) is 12.7. The molecule has 2 unspecified atom stereocenters. The van der Waals surface area contributed by atoms with E-state index in [0.717, 1.165) is 6.42 Å². The van der Waals surface area contributed by atoms with E-state index in [4.69, 9.17) is 10.8 Å². The molecule has 1 aliphatic rings. The number of primary amides is 1. The molecular formula is C14H25N3O4. The van der Waals surface area contributed by atoms with Crippen LogP contribution in [0.2, 0.25) is 0 Å². The lowest BCUT2D eigenvalue weighted by Gasteiger charge is -2.31. The zero-order valence-corrected chi connectivity index (χ0v) is 12.7. The Morgan fingerprint density at radius 2 is 2.05 bits per heavy atom. The molecule has 0 spiro atoms. The van der Waals surface area contributed by atoms with Crippen molar-refractivity contribution < 1.29 is 19.5 Å². The number of amides is 3. The molecule has 3 amide bonds. The maximum Gasteiger partial charge on any atom is 0.317 e. The quantitative estimate of drug-likeness (QED) is 0.668. The smallest absolute Gasteiger partial charge is 0.317 e. The number of carboxylic acids is 1. The van der Waals surface area contributed by atoms with Crippen LogP contribution in [0, 0.1) is 17.8 Å². The molecule has 0 aromatic rings. The van der Waals surface area contributed by atoms with Crippen molar-refractivity contribution in [2.45, 2.75) is 33.1 Å². The van der Waals surface area contributed by atoms with E-state index in [0.29, 0.717) is 25.9 Å². The summed E-state index contributed by atoms with van der Waals surface area (Å²) in [5, 5.41) is 11.8. The monoisotopic (exact) mass is 299 g/mol. The number of hydrogen-bond donors (Lipinski definition) is 3. The van der Waals surface area contributed by atoms with Crippen molar-refractivity contribution in [3.63, 3.8) is 0 Å². The molecule has 4 N–H and O–H groups in total. The van der Waals surface area contributed by atoms with Gasteiger partial charge in [0.1, 0.15) is 0 Å². The third kappa shape index (κ3) is 5.61. The van der Waals surface area contributed by atoms with E-state index in [1.165, 1.54) is 4.90 Å². The molecule has 2 atom stereocenters. The number of carbonyl (C=O) groups is 3. The first-order chi connectivity index (χ1) is 9.81. The highest BCUT2D eigenvalue weighted by molar-refractivity contribution is 5.79. The molecule has 1 fully saturated rings. The van der Waals surface area contributed by atoms with E-state index < -0.39 is 17.8 Å². The molecule has 0 aliphatic carbocycles. The van der Waals surface area contributed by atoms with Crippen LogP contribution in [-0.2, 0) is 9.59 Å². The summed E-state index contributed by atoms with van der Waals surface area (Å²) in [6.07, 6.45) is 1.94. The van der Waals surface area contributed by atoms with Crippen LogP contribution in [0.4, 0.5) is 4.79 Å². The SMILES string of the molecule is CC(C)CC(CNC(=O)N1CCCC(C(N)=O)C1)C(=O)O. The second-order valence-corrected chi connectivity index (χ2v) is 6.04. The molecule has 0 bridgehead atoms. The summed E-state index contributed by atoms with van der Waals surface area (Å²) < 4.78 is 0. The van der Waals surface area contributed by atoms with E-state index in [9.17, 15) is 14.4 Å². The predicted molar refractivity (Wildman–Crippen MR) is 77.5 cm³/mol. The highest BCUT2D eigenvalue weighted by Crippen LogP contribution is 2.16. The number of nitrogens with zero attached hydrogens (tertiary/aromatic N) is 1. The normalized spacial score (nSPS) is 20.1. The number of aliphatic carboxylic acids is 1. The van der Waals surface area contributed by atoms with Crippen molar-refractivity contribution >= 4 is 17.9 Å². The number of nitrogens with two attached hydrogens (primary N) is 1. The number of rotatable bonds is 6. The second-order valence-electron chi connectivity index (χ2n) is 6.04. The second kappa shape index (κ2) is 7.85. The van der Waals surface area contributed by atoms with Gasteiger partial charge in [-0.1, -0.05) is 13.8 Å². The molecule has 7 nitrogen and oxygen atoms in total. The van der Waals surface area contributed by atoms with Crippen LogP contribution < -0.4 is 11.1 Å². The number of urea groups is 1. The fourth-order valence-corrected chi connectivity index (χ4v) is 2.56. The van der Waals surface area contributed by atoms with Crippen molar-refractivity contribution in [3.8, 4) is 0 Å². The van der Waals surface area contributed by atoms with E-state index in [1.54, 1.807) is 0 Å². The van der Waals surface area contributed by atoms with Gasteiger partial charge in [0, 0.05) is 19.6 Å². The highest BCUT2D eigenvalue weighted by Gasteiger charge is 2.28. The number of nitrogens with one attached hydrogen (secondary N) is 1. The van der Waals surface area contributed by atoms with Gasteiger partial charge in [-0.15, -0.1) is 0 Å². The molecule has 120 valence electrons. The Kier molecular flexibility index (Phi) is 6.45. The summed E-state index contributed by atoms with van der Waals surface area (Å²) in [7, 11) is 0. The Morgan fingerprint density at radius 3 is 2.57 bits per heavy atom. The van der Waals surface area contributed by atoms with E-state index >= 15 is 0 Å². The number of carboxylic acid groups (broad SMARTS) is 1. The summed E-state index contributed by atoms with van der Waals surface area (Å²) in [6, 6.07) is -0.323. The Labute approximate surface area is 124 Å². The van der Waals surface area contributed by atoms with Crippen LogP contribution in [0.1, 0.15) is 33.1 Å². The topological polar surface area (TPSA) is 113 Å². The maximum absolute atomic E-state index is 12.0. The van der Waals surface area contributed by atoms with Gasteiger partial charge in [0.25, 0.3) is 0 Å². The molecule has 1 saturated heterocycles. The first-order valence-corrected chi connectivity index (χ1v) is 7.36. The minimum absolute atomic E-state index is 0.101. The molecule has 0 radical (unpaired) electrons.